The van der Waals surface area contributed by atoms with Crippen molar-refractivity contribution in [3.63, 3.8) is 0 Å². The van der Waals surface area contributed by atoms with Crippen LogP contribution in [-0.2, 0) is 11.3 Å². The van der Waals surface area contributed by atoms with Crippen molar-refractivity contribution in [2.75, 3.05) is 13.1 Å². The van der Waals surface area contributed by atoms with Crippen molar-refractivity contribution in [3.05, 3.63) is 69.2 Å². The molecular weight excluding hydrogens is 359 g/mol. The summed E-state index contributed by atoms with van der Waals surface area (Å²) < 4.78 is 0. The van der Waals surface area contributed by atoms with Crippen molar-refractivity contribution < 1.29 is 9.59 Å². The van der Waals surface area contributed by atoms with E-state index in [1.807, 2.05) is 31.2 Å². The van der Waals surface area contributed by atoms with Gasteiger partial charge < -0.3 is 10.2 Å². The average Bonchev–Trinajstić information content (AvgIpc) is 2.57. The van der Waals surface area contributed by atoms with Gasteiger partial charge in [-0.3, -0.25) is 9.59 Å². The molecule has 2 aromatic rings. The largest absolute Gasteiger partial charge is 0.350 e. The van der Waals surface area contributed by atoms with E-state index < -0.39 is 0 Å². The average molecular weight is 379 g/mol. The van der Waals surface area contributed by atoms with E-state index in [9.17, 15) is 9.59 Å². The van der Waals surface area contributed by atoms with Gasteiger partial charge in [-0.1, -0.05) is 47.5 Å². The monoisotopic (exact) mass is 378 g/mol. The maximum atomic E-state index is 12.2. The number of hydrogen-bond acceptors (Lipinski definition) is 2. The van der Waals surface area contributed by atoms with Gasteiger partial charge in [0.1, 0.15) is 0 Å². The zero-order valence-corrected chi connectivity index (χ0v) is 15.7. The van der Waals surface area contributed by atoms with Gasteiger partial charge in [-0.15, -0.1) is 0 Å². The summed E-state index contributed by atoms with van der Waals surface area (Å²) >= 11 is 11.8. The van der Waals surface area contributed by atoms with Crippen LogP contribution in [0.5, 0.6) is 0 Å². The molecule has 4 nitrogen and oxygen atoms in total. The molecule has 0 radical (unpaired) electrons. The topological polar surface area (TPSA) is 49.4 Å². The molecule has 2 aromatic carbocycles. The van der Waals surface area contributed by atoms with Gasteiger partial charge in [0.15, 0.2) is 0 Å². The third kappa shape index (κ3) is 5.48. The highest BCUT2D eigenvalue weighted by molar-refractivity contribution is 6.42. The molecule has 132 valence electrons. The Balaban J connectivity index is 1.93. The number of nitrogens with one attached hydrogen (secondary N) is 1. The third-order valence-electron chi connectivity index (χ3n) is 3.92. The number of rotatable bonds is 6. The molecule has 6 heteroatoms. The Morgan fingerprint density at radius 2 is 1.80 bits per heavy atom. The summed E-state index contributed by atoms with van der Waals surface area (Å²) in [6.07, 6.45) is 0. The van der Waals surface area contributed by atoms with Crippen LogP contribution in [-0.4, -0.2) is 29.8 Å². The van der Waals surface area contributed by atoms with Crippen molar-refractivity contribution >= 4 is 35.0 Å². The van der Waals surface area contributed by atoms with E-state index in [0.29, 0.717) is 35.2 Å². The summed E-state index contributed by atoms with van der Waals surface area (Å²) in [4.78, 5) is 25.7. The van der Waals surface area contributed by atoms with Gasteiger partial charge in [-0.05, 0) is 36.2 Å². The molecule has 0 spiro atoms. The first-order valence-corrected chi connectivity index (χ1v) is 8.67. The molecule has 0 bridgehead atoms. The summed E-state index contributed by atoms with van der Waals surface area (Å²) in [6.45, 7) is 4.84. The Kier molecular flexibility index (Phi) is 6.85. The maximum absolute atomic E-state index is 12.2. The first kappa shape index (κ1) is 19.3. The zero-order valence-electron chi connectivity index (χ0n) is 14.2. The number of aryl methyl sites for hydroxylation is 1. The summed E-state index contributed by atoms with van der Waals surface area (Å²) in [6, 6.07) is 12.6. The van der Waals surface area contributed by atoms with Crippen LogP contribution in [0.4, 0.5) is 0 Å². The summed E-state index contributed by atoms with van der Waals surface area (Å²) in [5.74, 6) is -0.287. The molecule has 0 saturated carbocycles. The number of halogens is 2. The van der Waals surface area contributed by atoms with E-state index in [1.54, 1.807) is 17.0 Å². The zero-order chi connectivity index (χ0) is 18.4. The van der Waals surface area contributed by atoms with Crippen LogP contribution < -0.4 is 5.32 Å². The molecule has 0 aliphatic carbocycles. The second kappa shape index (κ2) is 8.88. The van der Waals surface area contributed by atoms with Gasteiger partial charge in [0.2, 0.25) is 5.91 Å². The summed E-state index contributed by atoms with van der Waals surface area (Å²) in [5, 5.41) is 3.53. The van der Waals surface area contributed by atoms with Crippen molar-refractivity contribution in [2.45, 2.75) is 20.4 Å². The molecule has 0 unspecified atom stereocenters. The fraction of sp³-hybridized carbons (Fsp3) is 0.263. The van der Waals surface area contributed by atoms with Crippen molar-refractivity contribution in [3.8, 4) is 0 Å². The number of benzene rings is 2. The molecule has 0 fully saturated rings. The van der Waals surface area contributed by atoms with E-state index in [4.69, 9.17) is 23.2 Å². The fourth-order valence-electron chi connectivity index (χ4n) is 2.38. The Morgan fingerprint density at radius 3 is 2.44 bits per heavy atom. The van der Waals surface area contributed by atoms with E-state index in [0.717, 1.165) is 11.1 Å². The van der Waals surface area contributed by atoms with Crippen LogP contribution >= 0.6 is 23.2 Å². The van der Waals surface area contributed by atoms with Gasteiger partial charge in [-0.25, -0.2) is 0 Å². The second-order valence-electron chi connectivity index (χ2n) is 5.75. The van der Waals surface area contributed by atoms with Crippen LogP contribution in [0.2, 0.25) is 10.0 Å². The highest BCUT2D eigenvalue weighted by Crippen LogP contribution is 2.22. The second-order valence-corrected chi connectivity index (χ2v) is 6.57. The predicted octanol–water partition coefficient (Wildman–Crippen LogP) is 4.08. The number of hydrogen-bond donors (Lipinski definition) is 1. The number of amides is 2. The maximum Gasteiger partial charge on any atom is 0.251 e. The van der Waals surface area contributed by atoms with Gasteiger partial charge in [-0.2, -0.15) is 0 Å². The normalized spacial score (nSPS) is 10.4. The van der Waals surface area contributed by atoms with E-state index >= 15 is 0 Å². The standard InChI is InChI=1S/C19H20Cl2N2O2/c1-13-5-3-4-6-16(13)12-23(14(2)24)10-9-22-19(25)15-7-8-17(20)18(21)11-15/h3-8,11H,9-10,12H2,1-2H3,(H,22,25). The lowest BCUT2D eigenvalue weighted by atomic mass is 10.1. The van der Waals surface area contributed by atoms with E-state index in [1.165, 1.54) is 13.0 Å². The van der Waals surface area contributed by atoms with E-state index in [-0.39, 0.29) is 11.8 Å². The van der Waals surface area contributed by atoms with Gasteiger partial charge in [0.25, 0.3) is 5.91 Å². The number of carbonyl (C=O) groups excluding carboxylic acids is 2. The van der Waals surface area contributed by atoms with E-state index in [2.05, 4.69) is 5.32 Å². The quantitative estimate of drug-likeness (QED) is 0.822. The van der Waals surface area contributed by atoms with Crippen LogP contribution in [0.3, 0.4) is 0 Å². The molecule has 0 aromatic heterocycles. The highest BCUT2D eigenvalue weighted by atomic mass is 35.5. The molecule has 0 aliphatic heterocycles. The number of carbonyl (C=O) groups is 2. The van der Waals surface area contributed by atoms with Crippen molar-refractivity contribution in [2.24, 2.45) is 0 Å². The number of nitrogens with zero attached hydrogens (tertiary/aromatic N) is 1. The molecule has 25 heavy (non-hydrogen) atoms. The lowest BCUT2D eigenvalue weighted by molar-refractivity contribution is -0.129. The summed E-state index contributed by atoms with van der Waals surface area (Å²) in [7, 11) is 0. The van der Waals surface area contributed by atoms with Crippen LogP contribution in [0, 0.1) is 6.92 Å². The van der Waals surface area contributed by atoms with Gasteiger partial charge in [0.05, 0.1) is 10.0 Å². The first-order valence-electron chi connectivity index (χ1n) is 7.91. The summed E-state index contributed by atoms with van der Waals surface area (Å²) in [5.41, 5.74) is 2.66. The predicted molar refractivity (Wildman–Crippen MR) is 101 cm³/mol. The molecule has 0 atom stereocenters. The molecule has 2 amide bonds. The minimum absolute atomic E-state index is 0.0351. The lowest BCUT2D eigenvalue weighted by Crippen LogP contribution is -2.37. The Morgan fingerprint density at radius 1 is 1.08 bits per heavy atom. The first-order chi connectivity index (χ1) is 11.9. The van der Waals surface area contributed by atoms with Crippen LogP contribution in [0.1, 0.15) is 28.4 Å². The highest BCUT2D eigenvalue weighted by Gasteiger charge is 2.12. The Labute approximate surface area is 157 Å². The van der Waals surface area contributed by atoms with Crippen LogP contribution in [0.15, 0.2) is 42.5 Å². The Hall–Kier alpha value is -2.04. The van der Waals surface area contributed by atoms with Crippen molar-refractivity contribution in [1.82, 2.24) is 10.2 Å². The van der Waals surface area contributed by atoms with Gasteiger partial charge in [0, 0.05) is 32.1 Å². The lowest BCUT2D eigenvalue weighted by Gasteiger charge is -2.22. The minimum atomic E-state index is -0.252. The Bertz CT molecular complexity index is 778. The molecular formula is C19H20Cl2N2O2. The smallest absolute Gasteiger partial charge is 0.251 e. The molecule has 0 saturated heterocycles. The van der Waals surface area contributed by atoms with Crippen molar-refractivity contribution in [1.29, 1.82) is 0 Å². The third-order valence-corrected chi connectivity index (χ3v) is 4.66. The molecule has 0 heterocycles. The SMILES string of the molecule is CC(=O)N(CCNC(=O)c1ccc(Cl)c(Cl)c1)Cc1ccccc1C. The van der Waals surface area contributed by atoms with Crippen LogP contribution in [0.25, 0.3) is 0 Å². The fourth-order valence-corrected chi connectivity index (χ4v) is 2.68. The molecule has 1 N–H and O–H groups in total. The molecule has 0 aliphatic rings. The minimum Gasteiger partial charge on any atom is -0.350 e. The molecule has 2 rings (SSSR count). The van der Waals surface area contributed by atoms with Gasteiger partial charge >= 0.3 is 0 Å².